The molecular weight excluding hydrogens is 294 g/mol. The molecule has 0 fully saturated rings. The molecular formula is C17H19N3O3. The highest BCUT2D eigenvalue weighted by molar-refractivity contribution is 5.97. The standard InChI is InChI=1S/C17H19N3O3/c1-11(19-13-7-9-15(23-2)10-8-13)17(22)20-14-5-3-12(4-6-14)16(18)21/h3-11,19H,1-2H3,(H2,18,21)(H,20,22). The van der Waals surface area contributed by atoms with Crippen LogP contribution in [-0.2, 0) is 4.79 Å². The summed E-state index contributed by atoms with van der Waals surface area (Å²) in [6.07, 6.45) is 0. The van der Waals surface area contributed by atoms with E-state index in [1.54, 1.807) is 38.3 Å². The average molecular weight is 313 g/mol. The van der Waals surface area contributed by atoms with Gasteiger partial charge in [0.05, 0.1) is 7.11 Å². The van der Waals surface area contributed by atoms with Crippen LogP contribution in [0.1, 0.15) is 17.3 Å². The van der Waals surface area contributed by atoms with Gasteiger partial charge in [-0.15, -0.1) is 0 Å². The van der Waals surface area contributed by atoms with Gasteiger partial charge in [-0.05, 0) is 55.5 Å². The second-order valence-corrected chi connectivity index (χ2v) is 5.03. The van der Waals surface area contributed by atoms with Gasteiger partial charge in [-0.25, -0.2) is 0 Å². The summed E-state index contributed by atoms with van der Waals surface area (Å²) in [5.74, 6) is 0.0623. The van der Waals surface area contributed by atoms with Crippen molar-refractivity contribution in [2.45, 2.75) is 13.0 Å². The maximum Gasteiger partial charge on any atom is 0.248 e. The Kier molecular flexibility index (Phi) is 5.19. The number of nitrogens with two attached hydrogens (primary N) is 1. The molecule has 2 amide bonds. The van der Waals surface area contributed by atoms with Crippen LogP contribution in [0.4, 0.5) is 11.4 Å². The zero-order valence-corrected chi connectivity index (χ0v) is 13.0. The van der Waals surface area contributed by atoms with Crippen LogP contribution in [0.25, 0.3) is 0 Å². The largest absolute Gasteiger partial charge is 0.497 e. The first-order valence-corrected chi connectivity index (χ1v) is 7.11. The van der Waals surface area contributed by atoms with Crippen molar-refractivity contribution in [3.63, 3.8) is 0 Å². The van der Waals surface area contributed by atoms with Crippen LogP contribution in [0.2, 0.25) is 0 Å². The van der Waals surface area contributed by atoms with Gasteiger partial charge in [0.25, 0.3) is 0 Å². The molecule has 2 aromatic rings. The number of hydrogen-bond donors (Lipinski definition) is 3. The number of amides is 2. The molecule has 6 heteroatoms. The number of carbonyl (C=O) groups is 2. The molecule has 1 atom stereocenters. The fourth-order valence-corrected chi connectivity index (χ4v) is 1.97. The molecule has 0 heterocycles. The first-order valence-electron chi connectivity index (χ1n) is 7.11. The minimum absolute atomic E-state index is 0.187. The van der Waals surface area contributed by atoms with Crippen molar-refractivity contribution in [2.75, 3.05) is 17.7 Å². The number of methoxy groups -OCH3 is 1. The van der Waals surface area contributed by atoms with Crippen LogP contribution in [0.5, 0.6) is 5.75 Å². The summed E-state index contributed by atoms with van der Waals surface area (Å²) in [5.41, 5.74) is 6.99. The summed E-state index contributed by atoms with van der Waals surface area (Å²) < 4.78 is 5.09. The van der Waals surface area contributed by atoms with Gasteiger partial charge in [-0.3, -0.25) is 9.59 Å². The minimum Gasteiger partial charge on any atom is -0.497 e. The van der Waals surface area contributed by atoms with E-state index in [4.69, 9.17) is 10.5 Å². The van der Waals surface area contributed by atoms with Gasteiger partial charge in [-0.2, -0.15) is 0 Å². The third kappa shape index (κ3) is 4.47. The van der Waals surface area contributed by atoms with E-state index >= 15 is 0 Å². The molecule has 6 nitrogen and oxygen atoms in total. The molecule has 0 radical (unpaired) electrons. The number of hydrogen-bond acceptors (Lipinski definition) is 4. The van der Waals surface area contributed by atoms with Crippen LogP contribution in [0.15, 0.2) is 48.5 Å². The monoisotopic (exact) mass is 313 g/mol. The molecule has 0 aliphatic carbocycles. The summed E-state index contributed by atoms with van der Waals surface area (Å²) in [7, 11) is 1.60. The van der Waals surface area contributed by atoms with E-state index in [1.165, 1.54) is 0 Å². The number of rotatable bonds is 6. The molecule has 0 aliphatic rings. The Morgan fingerprint density at radius 2 is 1.57 bits per heavy atom. The Labute approximate surface area is 134 Å². The van der Waals surface area contributed by atoms with Crippen molar-refractivity contribution in [1.82, 2.24) is 0 Å². The highest BCUT2D eigenvalue weighted by atomic mass is 16.5. The van der Waals surface area contributed by atoms with Gasteiger partial charge in [0.2, 0.25) is 11.8 Å². The average Bonchev–Trinajstić information content (AvgIpc) is 2.56. The summed E-state index contributed by atoms with van der Waals surface area (Å²) in [6.45, 7) is 1.76. The third-order valence-corrected chi connectivity index (χ3v) is 3.30. The van der Waals surface area contributed by atoms with E-state index in [0.29, 0.717) is 11.3 Å². The lowest BCUT2D eigenvalue weighted by molar-refractivity contribution is -0.116. The Morgan fingerprint density at radius 3 is 2.09 bits per heavy atom. The molecule has 0 bridgehead atoms. The topological polar surface area (TPSA) is 93.4 Å². The Hall–Kier alpha value is -3.02. The fraction of sp³-hybridized carbons (Fsp3) is 0.176. The first kappa shape index (κ1) is 16.4. The van der Waals surface area contributed by atoms with Crippen molar-refractivity contribution < 1.29 is 14.3 Å². The maximum atomic E-state index is 12.2. The molecule has 2 rings (SSSR count). The summed E-state index contributed by atoms with van der Waals surface area (Å²) >= 11 is 0. The van der Waals surface area contributed by atoms with Crippen LogP contribution in [-0.4, -0.2) is 25.0 Å². The number of ether oxygens (including phenoxy) is 1. The number of nitrogens with one attached hydrogen (secondary N) is 2. The first-order chi connectivity index (χ1) is 11.0. The van der Waals surface area contributed by atoms with Crippen molar-refractivity contribution in [3.8, 4) is 5.75 Å². The van der Waals surface area contributed by atoms with E-state index in [0.717, 1.165) is 11.4 Å². The number of carbonyl (C=O) groups excluding carboxylic acids is 2. The molecule has 2 aromatic carbocycles. The normalized spacial score (nSPS) is 11.4. The molecule has 0 spiro atoms. The van der Waals surface area contributed by atoms with Gasteiger partial charge in [0.15, 0.2) is 0 Å². The second-order valence-electron chi connectivity index (χ2n) is 5.03. The second kappa shape index (κ2) is 7.31. The zero-order chi connectivity index (χ0) is 16.8. The lowest BCUT2D eigenvalue weighted by atomic mass is 10.2. The number of anilines is 2. The van der Waals surface area contributed by atoms with Gasteiger partial charge in [0.1, 0.15) is 11.8 Å². The van der Waals surface area contributed by atoms with Crippen molar-refractivity contribution in [2.24, 2.45) is 5.73 Å². The minimum atomic E-state index is -0.502. The molecule has 0 aliphatic heterocycles. The predicted molar refractivity (Wildman–Crippen MR) is 89.7 cm³/mol. The third-order valence-electron chi connectivity index (χ3n) is 3.30. The SMILES string of the molecule is COc1ccc(NC(C)C(=O)Nc2ccc(C(N)=O)cc2)cc1. The quantitative estimate of drug-likeness (QED) is 0.762. The van der Waals surface area contributed by atoms with Gasteiger partial charge in [0, 0.05) is 16.9 Å². The summed E-state index contributed by atoms with van der Waals surface area (Å²) in [5, 5.41) is 5.87. The lowest BCUT2D eigenvalue weighted by Crippen LogP contribution is -2.31. The Morgan fingerprint density at radius 1 is 1.00 bits per heavy atom. The van der Waals surface area contributed by atoms with Crippen molar-refractivity contribution >= 4 is 23.2 Å². The molecule has 23 heavy (non-hydrogen) atoms. The van der Waals surface area contributed by atoms with E-state index in [1.807, 2.05) is 24.3 Å². The fourth-order valence-electron chi connectivity index (χ4n) is 1.97. The molecule has 0 saturated carbocycles. The number of primary amides is 1. The Balaban J connectivity index is 1.94. The van der Waals surface area contributed by atoms with Gasteiger partial charge >= 0.3 is 0 Å². The molecule has 0 aromatic heterocycles. The number of benzene rings is 2. The molecule has 0 saturated heterocycles. The van der Waals surface area contributed by atoms with Crippen LogP contribution in [0, 0.1) is 0 Å². The zero-order valence-electron chi connectivity index (χ0n) is 13.0. The van der Waals surface area contributed by atoms with E-state index < -0.39 is 11.9 Å². The Bertz CT molecular complexity index is 681. The highest BCUT2D eigenvalue weighted by Crippen LogP contribution is 2.16. The summed E-state index contributed by atoms with van der Waals surface area (Å²) in [6, 6.07) is 13.3. The van der Waals surface area contributed by atoms with Crippen molar-refractivity contribution in [1.29, 1.82) is 0 Å². The van der Waals surface area contributed by atoms with Crippen LogP contribution >= 0.6 is 0 Å². The molecule has 1 unspecified atom stereocenters. The van der Waals surface area contributed by atoms with Gasteiger partial charge in [-0.1, -0.05) is 0 Å². The highest BCUT2D eigenvalue weighted by Gasteiger charge is 2.13. The van der Waals surface area contributed by atoms with Crippen LogP contribution < -0.4 is 21.1 Å². The molecule has 4 N–H and O–H groups in total. The van der Waals surface area contributed by atoms with Crippen LogP contribution in [0.3, 0.4) is 0 Å². The van der Waals surface area contributed by atoms with Crippen molar-refractivity contribution in [3.05, 3.63) is 54.1 Å². The maximum absolute atomic E-state index is 12.2. The van der Waals surface area contributed by atoms with E-state index in [-0.39, 0.29) is 5.91 Å². The van der Waals surface area contributed by atoms with E-state index in [9.17, 15) is 9.59 Å². The smallest absolute Gasteiger partial charge is 0.248 e. The van der Waals surface area contributed by atoms with Gasteiger partial charge < -0.3 is 21.1 Å². The molecule has 120 valence electrons. The van der Waals surface area contributed by atoms with E-state index in [2.05, 4.69) is 10.6 Å². The summed E-state index contributed by atoms with van der Waals surface area (Å²) in [4.78, 5) is 23.2. The lowest BCUT2D eigenvalue weighted by Gasteiger charge is -2.15. The predicted octanol–water partition coefficient (Wildman–Crippen LogP) is 2.23.